The number of ether oxygens (including phenoxy) is 2. The molecule has 0 N–H and O–H groups in total. The molecule has 1 aromatic heterocycles. The molecule has 0 spiro atoms. The lowest BCUT2D eigenvalue weighted by Crippen LogP contribution is -2.49. The highest BCUT2D eigenvalue weighted by molar-refractivity contribution is 5.77. The first-order valence-corrected chi connectivity index (χ1v) is 8.99. The maximum absolute atomic E-state index is 12.4. The molecule has 0 radical (unpaired) electrons. The van der Waals surface area contributed by atoms with E-state index in [0.717, 1.165) is 38.5 Å². The summed E-state index contributed by atoms with van der Waals surface area (Å²) < 4.78 is 11.0. The number of rotatable bonds is 7. The lowest BCUT2D eigenvalue weighted by molar-refractivity contribution is -0.135. The Kier molecular flexibility index (Phi) is 6.44. The van der Waals surface area contributed by atoms with E-state index in [1.54, 1.807) is 0 Å². The third-order valence-corrected chi connectivity index (χ3v) is 4.38. The van der Waals surface area contributed by atoms with Crippen molar-refractivity contribution in [3.05, 3.63) is 54.4 Å². The van der Waals surface area contributed by atoms with Crippen molar-refractivity contribution in [3.63, 3.8) is 0 Å². The van der Waals surface area contributed by atoms with Crippen molar-refractivity contribution in [2.45, 2.75) is 13.5 Å². The fourth-order valence-corrected chi connectivity index (χ4v) is 2.94. The molecule has 2 aromatic rings. The molecular formula is C20H25N3O3. The topological polar surface area (TPSA) is 54.9 Å². The van der Waals surface area contributed by atoms with Crippen LogP contribution in [0.1, 0.15) is 12.5 Å². The lowest BCUT2D eigenvalue weighted by atomic mass is 10.2. The molecule has 1 saturated heterocycles. The van der Waals surface area contributed by atoms with Gasteiger partial charge in [0.1, 0.15) is 11.5 Å². The molecule has 0 saturated carbocycles. The van der Waals surface area contributed by atoms with E-state index in [1.165, 1.54) is 5.56 Å². The van der Waals surface area contributed by atoms with E-state index < -0.39 is 0 Å². The van der Waals surface area contributed by atoms with Gasteiger partial charge in [0.2, 0.25) is 0 Å². The number of carbonyl (C=O) groups excluding carboxylic acids is 1. The second-order valence-corrected chi connectivity index (χ2v) is 6.21. The Morgan fingerprint density at radius 2 is 1.58 bits per heavy atom. The van der Waals surface area contributed by atoms with Crippen molar-refractivity contribution in [1.82, 2.24) is 14.8 Å². The number of hydrogen-bond donors (Lipinski definition) is 0. The van der Waals surface area contributed by atoms with E-state index in [9.17, 15) is 4.79 Å². The first-order chi connectivity index (χ1) is 12.7. The first kappa shape index (κ1) is 18.2. The van der Waals surface area contributed by atoms with Gasteiger partial charge in [-0.25, -0.2) is 0 Å². The third-order valence-electron chi connectivity index (χ3n) is 4.38. The van der Waals surface area contributed by atoms with Gasteiger partial charge in [0.05, 0.1) is 6.61 Å². The molecular weight excluding hydrogens is 330 g/mol. The van der Waals surface area contributed by atoms with Gasteiger partial charge in [0, 0.05) is 45.1 Å². The molecule has 6 heteroatoms. The van der Waals surface area contributed by atoms with E-state index in [-0.39, 0.29) is 12.5 Å². The van der Waals surface area contributed by atoms with Crippen LogP contribution in [0.2, 0.25) is 0 Å². The maximum atomic E-state index is 12.4. The zero-order chi connectivity index (χ0) is 18.2. The summed E-state index contributed by atoms with van der Waals surface area (Å²) in [5.41, 5.74) is 1.25. The Balaban J connectivity index is 1.40. The van der Waals surface area contributed by atoms with Crippen molar-refractivity contribution in [1.29, 1.82) is 0 Å². The molecule has 138 valence electrons. The monoisotopic (exact) mass is 355 g/mol. The van der Waals surface area contributed by atoms with Gasteiger partial charge in [-0.05, 0) is 48.9 Å². The zero-order valence-electron chi connectivity index (χ0n) is 15.1. The Morgan fingerprint density at radius 1 is 0.962 bits per heavy atom. The quantitative estimate of drug-likeness (QED) is 0.762. The second kappa shape index (κ2) is 9.20. The predicted octanol–water partition coefficient (Wildman–Crippen LogP) is 2.20. The van der Waals surface area contributed by atoms with Gasteiger partial charge in [-0.15, -0.1) is 0 Å². The Labute approximate surface area is 154 Å². The van der Waals surface area contributed by atoms with Gasteiger partial charge in [-0.1, -0.05) is 0 Å². The fraction of sp³-hybridized carbons (Fsp3) is 0.400. The SMILES string of the molecule is CCOc1ccc(OCC(=O)N2CCN(Cc3ccncc3)CC2)cc1. The number of pyridine rings is 1. The average molecular weight is 355 g/mol. The number of amides is 1. The van der Waals surface area contributed by atoms with Gasteiger partial charge < -0.3 is 14.4 Å². The summed E-state index contributed by atoms with van der Waals surface area (Å²) in [7, 11) is 0. The van der Waals surface area contributed by atoms with Gasteiger partial charge in [0.25, 0.3) is 5.91 Å². The number of nitrogens with zero attached hydrogens (tertiary/aromatic N) is 3. The van der Waals surface area contributed by atoms with Crippen LogP contribution >= 0.6 is 0 Å². The molecule has 0 aliphatic carbocycles. The summed E-state index contributed by atoms with van der Waals surface area (Å²) in [6.45, 7) is 6.75. The van der Waals surface area contributed by atoms with Crippen molar-refractivity contribution in [2.75, 3.05) is 39.4 Å². The number of hydrogen-bond acceptors (Lipinski definition) is 5. The molecule has 26 heavy (non-hydrogen) atoms. The average Bonchev–Trinajstić information content (AvgIpc) is 2.69. The molecule has 3 rings (SSSR count). The fourth-order valence-electron chi connectivity index (χ4n) is 2.94. The van der Waals surface area contributed by atoms with Crippen molar-refractivity contribution >= 4 is 5.91 Å². The summed E-state index contributed by atoms with van der Waals surface area (Å²) in [5.74, 6) is 1.51. The molecule has 1 aliphatic heterocycles. The molecule has 1 fully saturated rings. The minimum Gasteiger partial charge on any atom is -0.494 e. The standard InChI is InChI=1S/C20H25N3O3/c1-2-25-18-3-5-19(6-4-18)26-16-20(24)23-13-11-22(12-14-23)15-17-7-9-21-10-8-17/h3-10H,2,11-16H2,1H3. The van der Waals surface area contributed by atoms with Crippen molar-refractivity contribution < 1.29 is 14.3 Å². The number of piperazine rings is 1. The van der Waals surface area contributed by atoms with Crippen LogP contribution < -0.4 is 9.47 Å². The van der Waals surface area contributed by atoms with E-state index in [2.05, 4.69) is 9.88 Å². The summed E-state index contributed by atoms with van der Waals surface area (Å²) >= 11 is 0. The second-order valence-electron chi connectivity index (χ2n) is 6.21. The highest BCUT2D eigenvalue weighted by Crippen LogP contribution is 2.17. The van der Waals surface area contributed by atoms with Crippen molar-refractivity contribution in [3.8, 4) is 11.5 Å². The van der Waals surface area contributed by atoms with E-state index in [4.69, 9.17) is 9.47 Å². The summed E-state index contributed by atoms with van der Waals surface area (Å²) in [4.78, 5) is 20.6. The Hall–Kier alpha value is -2.60. The minimum atomic E-state index is 0.0300. The van der Waals surface area contributed by atoms with Crippen LogP contribution in [0.5, 0.6) is 11.5 Å². The summed E-state index contributed by atoms with van der Waals surface area (Å²) in [6, 6.07) is 11.4. The summed E-state index contributed by atoms with van der Waals surface area (Å²) in [5, 5.41) is 0. The molecule has 1 aliphatic rings. The molecule has 6 nitrogen and oxygen atoms in total. The van der Waals surface area contributed by atoms with Gasteiger partial charge >= 0.3 is 0 Å². The first-order valence-electron chi connectivity index (χ1n) is 8.99. The van der Waals surface area contributed by atoms with Crippen LogP contribution in [0.25, 0.3) is 0 Å². The molecule has 0 unspecified atom stereocenters. The van der Waals surface area contributed by atoms with Crippen molar-refractivity contribution in [2.24, 2.45) is 0 Å². The van der Waals surface area contributed by atoms with E-state index in [0.29, 0.717) is 12.4 Å². The smallest absolute Gasteiger partial charge is 0.260 e. The summed E-state index contributed by atoms with van der Waals surface area (Å²) in [6.07, 6.45) is 3.63. The molecule has 0 atom stereocenters. The third kappa shape index (κ3) is 5.20. The maximum Gasteiger partial charge on any atom is 0.260 e. The largest absolute Gasteiger partial charge is 0.494 e. The van der Waals surface area contributed by atoms with Crippen LogP contribution in [0.3, 0.4) is 0 Å². The molecule has 1 amide bonds. The predicted molar refractivity (Wildman–Crippen MR) is 99.2 cm³/mol. The number of benzene rings is 1. The van der Waals surface area contributed by atoms with Gasteiger partial charge in [-0.2, -0.15) is 0 Å². The van der Waals surface area contributed by atoms with Crippen LogP contribution in [-0.4, -0.2) is 60.1 Å². The van der Waals surface area contributed by atoms with Crippen LogP contribution in [0.15, 0.2) is 48.8 Å². The van der Waals surface area contributed by atoms with Gasteiger partial charge in [0.15, 0.2) is 6.61 Å². The lowest BCUT2D eigenvalue weighted by Gasteiger charge is -2.34. The van der Waals surface area contributed by atoms with Gasteiger partial charge in [-0.3, -0.25) is 14.7 Å². The zero-order valence-corrected chi connectivity index (χ0v) is 15.1. The normalized spacial score (nSPS) is 14.9. The molecule has 2 heterocycles. The van der Waals surface area contributed by atoms with E-state index in [1.807, 2.05) is 60.6 Å². The Bertz CT molecular complexity index is 683. The van der Waals surface area contributed by atoms with Crippen LogP contribution in [-0.2, 0) is 11.3 Å². The Morgan fingerprint density at radius 3 is 2.19 bits per heavy atom. The minimum absolute atomic E-state index is 0.0300. The number of aromatic nitrogens is 1. The molecule has 0 bridgehead atoms. The van der Waals surface area contributed by atoms with E-state index >= 15 is 0 Å². The van der Waals surface area contributed by atoms with Crippen LogP contribution in [0.4, 0.5) is 0 Å². The van der Waals surface area contributed by atoms with Crippen LogP contribution in [0, 0.1) is 0 Å². The highest BCUT2D eigenvalue weighted by atomic mass is 16.5. The molecule has 1 aromatic carbocycles. The number of carbonyl (C=O) groups is 1. The highest BCUT2D eigenvalue weighted by Gasteiger charge is 2.21.